The molecular formula is C17H16N2O3S2. The number of esters is 1. The van der Waals surface area contributed by atoms with Crippen LogP contribution in [0.3, 0.4) is 0 Å². The van der Waals surface area contributed by atoms with Gasteiger partial charge in [0.1, 0.15) is 17.3 Å². The molecule has 1 aliphatic rings. The lowest BCUT2D eigenvalue weighted by molar-refractivity contribution is 0.0462. The van der Waals surface area contributed by atoms with E-state index in [4.69, 9.17) is 4.74 Å². The van der Waals surface area contributed by atoms with Gasteiger partial charge in [0.15, 0.2) is 0 Å². The molecule has 3 heterocycles. The lowest BCUT2D eigenvalue weighted by Crippen LogP contribution is -2.14. The second kappa shape index (κ2) is 5.82. The number of aromatic nitrogens is 2. The third-order valence-electron chi connectivity index (χ3n) is 4.22. The summed E-state index contributed by atoms with van der Waals surface area (Å²) in [6, 6.07) is 1.82. The largest absolute Gasteiger partial charge is 0.454 e. The standard InChI is InChI=1S/C17H16N2O3S2/c1-8-6-11(9(2)23-8)17(21)22-7-13-18-15(20)14-10-4-3-5-12(10)24-16(14)19-13/h6H,3-5,7H2,1-2H3,(H,18,19,20). The molecule has 0 bridgehead atoms. The van der Waals surface area contributed by atoms with Crippen molar-refractivity contribution in [3.8, 4) is 0 Å². The smallest absolute Gasteiger partial charge is 0.339 e. The zero-order valence-corrected chi connectivity index (χ0v) is 15.0. The Hall–Kier alpha value is -1.99. The van der Waals surface area contributed by atoms with Crippen molar-refractivity contribution in [3.63, 3.8) is 0 Å². The summed E-state index contributed by atoms with van der Waals surface area (Å²) in [5.41, 5.74) is 1.60. The summed E-state index contributed by atoms with van der Waals surface area (Å²) in [4.78, 5) is 35.8. The minimum absolute atomic E-state index is 0.0269. The molecule has 0 fully saturated rings. The van der Waals surface area contributed by atoms with Crippen LogP contribution in [0.15, 0.2) is 10.9 Å². The van der Waals surface area contributed by atoms with Gasteiger partial charge in [0.05, 0.1) is 10.9 Å². The lowest BCUT2D eigenvalue weighted by atomic mass is 10.2. The van der Waals surface area contributed by atoms with E-state index in [1.165, 1.54) is 4.88 Å². The van der Waals surface area contributed by atoms with E-state index in [1.54, 1.807) is 22.7 Å². The maximum absolute atomic E-state index is 12.4. The Morgan fingerprint density at radius 1 is 1.33 bits per heavy atom. The number of aryl methyl sites for hydroxylation is 4. The first-order valence-corrected chi connectivity index (χ1v) is 9.44. The van der Waals surface area contributed by atoms with Crippen LogP contribution in [0, 0.1) is 13.8 Å². The number of carbonyl (C=O) groups excluding carboxylic acids is 1. The van der Waals surface area contributed by atoms with Gasteiger partial charge in [-0.2, -0.15) is 0 Å². The second-order valence-corrected chi connectivity index (χ2v) is 8.50. The summed E-state index contributed by atoms with van der Waals surface area (Å²) >= 11 is 3.15. The van der Waals surface area contributed by atoms with Gasteiger partial charge in [-0.1, -0.05) is 0 Å². The second-order valence-electron chi connectivity index (χ2n) is 5.95. The van der Waals surface area contributed by atoms with Crippen LogP contribution in [0.4, 0.5) is 0 Å². The van der Waals surface area contributed by atoms with Crippen LogP contribution in [0.5, 0.6) is 0 Å². The van der Waals surface area contributed by atoms with Crippen molar-refractivity contribution in [2.75, 3.05) is 0 Å². The number of nitrogens with zero attached hydrogens (tertiary/aromatic N) is 1. The van der Waals surface area contributed by atoms with Crippen molar-refractivity contribution < 1.29 is 9.53 Å². The average Bonchev–Trinajstić information content (AvgIpc) is 3.18. The first-order valence-electron chi connectivity index (χ1n) is 7.80. The predicted octanol–water partition coefficient (Wildman–Crippen LogP) is 3.51. The van der Waals surface area contributed by atoms with Crippen LogP contribution in [-0.2, 0) is 24.2 Å². The van der Waals surface area contributed by atoms with Crippen molar-refractivity contribution in [1.29, 1.82) is 0 Å². The van der Waals surface area contributed by atoms with Crippen LogP contribution in [0.1, 0.15) is 42.8 Å². The highest BCUT2D eigenvalue weighted by molar-refractivity contribution is 7.18. The number of nitrogens with one attached hydrogen (secondary N) is 1. The Bertz CT molecular complexity index is 1010. The van der Waals surface area contributed by atoms with Gasteiger partial charge in [-0.05, 0) is 44.7 Å². The average molecular weight is 360 g/mol. The SMILES string of the molecule is Cc1cc(C(=O)OCc2nc3sc4c(c3c(=O)[nH]2)CCC4)c(C)s1. The summed E-state index contributed by atoms with van der Waals surface area (Å²) < 4.78 is 5.33. The Kier molecular flexibility index (Phi) is 3.77. The fraction of sp³-hybridized carbons (Fsp3) is 0.353. The molecule has 1 N–H and O–H groups in total. The van der Waals surface area contributed by atoms with Gasteiger partial charge in [0.25, 0.3) is 5.56 Å². The molecule has 0 radical (unpaired) electrons. The quantitative estimate of drug-likeness (QED) is 0.726. The van der Waals surface area contributed by atoms with E-state index in [-0.39, 0.29) is 18.1 Å². The van der Waals surface area contributed by atoms with Gasteiger partial charge < -0.3 is 9.72 Å². The Morgan fingerprint density at radius 2 is 2.17 bits per heavy atom. The molecule has 124 valence electrons. The van der Waals surface area contributed by atoms with Crippen molar-refractivity contribution in [2.45, 2.75) is 39.7 Å². The predicted molar refractivity (Wildman–Crippen MR) is 95.2 cm³/mol. The minimum Gasteiger partial charge on any atom is -0.454 e. The molecule has 1 aliphatic carbocycles. The monoisotopic (exact) mass is 360 g/mol. The highest BCUT2D eigenvalue weighted by Gasteiger charge is 2.21. The zero-order valence-electron chi connectivity index (χ0n) is 13.4. The molecule has 4 rings (SSSR count). The van der Waals surface area contributed by atoms with Crippen LogP contribution in [-0.4, -0.2) is 15.9 Å². The molecule has 24 heavy (non-hydrogen) atoms. The molecule has 0 saturated carbocycles. The molecule has 0 spiro atoms. The molecule has 0 aliphatic heterocycles. The van der Waals surface area contributed by atoms with Crippen LogP contribution in [0.25, 0.3) is 10.2 Å². The zero-order chi connectivity index (χ0) is 16.8. The third kappa shape index (κ3) is 2.57. The first kappa shape index (κ1) is 15.5. The third-order valence-corrected chi connectivity index (χ3v) is 6.38. The number of rotatable bonds is 3. The minimum atomic E-state index is -0.381. The molecule has 7 heteroatoms. The van der Waals surface area contributed by atoms with Gasteiger partial charge in [0, 0.05) is 14.6 Å². The summed E-state index contributed by atoms with van der Waals surface area (Å²) in [5, 5.41) is 0.715. The number of thiophene rings is 2. The van der Waals surface area contributed by atoms with Gasteiger partial charge in [0.2, 0.25) is 0 Å². The highest BCUT2D eigenvalue weighted by Crippen LogP contribution is 2.34. The van der Waals surface area contributed by atoms with Crippen molar-refractivity contribution >= 4 is 38.9 Å². The van der Waals surface area contributed by atoms with E-state index in [0.29, 0.717) is 16.8 Å². The van der Waals surface area contributed by atoms with Crippen LogP contribution >= 0.6 is 22.7 Å². The topological polar surface area (TPSA) is 72.0 Å². The maximum Gasteiger partial charge on any atom is 0.339 e. The molecule has 0 unspecified atom stereocenters. The van der Waals surface area contributed by atoms with E-state index in [0.717, 1.165) is 39.4 Å². The van der Waals surface area contributed by atoms with E-state index >= 15 is 0 Å². The van der Waals surface area contributed by atoms with E-state index in [9.17, 15) is 9.59 Å². The lowest BCUT2D eigenvalue weighted by Gasteiger charge is -2.04. The first-order chi connectivity index (χ1) is 11.5. The highest BCUT2D eigenvalue weighted by atomic mass is 32.1. The number of fused-ring (bicyclic) bond motifs is 3. The molecule has 3 aromatic rings. The molecule has 0 aromatic carbocycles. The summed E-state index contributed by atoms with van der Waals surface area (Å²) in [6.07, 6.45) is 3.08. The molecule has 0 saturated heterocycles. The molecule has 0 atom stereocenters. The summed E-state index contributed by atoms with van der Waals surface area (Å²) in [5.74, 6) is 0.0126. The molecule has 0 amide bonds. The van der Waals surface area contributed by atoms with Crippen LogP contribution in [0.2, 0.25) is 0 Å². The van der Waals surface area contributed by atoms with Gasteiger partial charge in [-0.25, -0.2) is 9.78 Å². The summed E-state index contributed by atoms with van der Waals surface area (Å²) in [6.45, 7) is 3.83. The number of aromatic amines is 1. The van der Waals surface area contributed by atoms with Crippen molar-refractivity contribution in [2.24, 2.45) is 0 Å². The number of hydrogen-bond acceptors (Lipinski definition) is 6. The van der Waals surface area contributed by atoms with E-state index in [2.05, 4.69) is 9.97 Å². The molecular weight excluding hydrogens is 344 g/mol. The van der Waals surface area contributed by atoms with E-state index in [1.807, 2.05) is 19.9 Å². The normalized spacial score (nSPS) is 13.4. The fourth-order valence-corrected chi connectivity index (χ4v) is 5.35. The number of hydrogen-bond donors (Lipinski definition) is 1. The maximum atomic E-state index is 12.4. The Labute approximate surface area is 146 Å². The fourth-order valence-electron chi connectivity index (χ4n) is 3.16. The Balaban J connectivity index is 1.58. The van der Waals surface area contributed by atoms with Gasteiger partial charge in [-0.15, -0.1) is 22.7 Å². The van der Waals surface area contributed by atoms with Crippen molar-refractivity contribution in [1.82, 2.24) is 9.97 Å². The summed E-state index contributed by atoms with van der Waals surface area (Å²) in [7, 11) is 0. The number of carbonyl (C=O) groups is 1. The van der Waals surface area contributed by atoms with E-state index < -0.39 is 0 Å². The number of H-pyrrole nitrogens is 1. The Morgan fingerprint density at radius 3 is 2.92 bits per heavy atom. The van der Waals surface area contributed by atoms with Gasteiger partial charge >= 0.3 is 5.97 Å². The van der Waals surface area contributed by atoms with Gasteiger partial charge in [-0.3, -0.25) is 4.79 Å². The molecule has 3 aromatic heterocycles. The molecule has 5 nitrogen and oxygen atoms in total. The van der Waals surface area contributed by atoms with Crippen molar-refractivity contribution in [3.05, 3.63) is 48.0 Å². The van der Waals surface area contributed by atoms with Crippen LogP contribution < -0.4 is 5.56 Å². The number of ether oxygens (including phenoxy) is 1.